The van der Waals surface area contributed by atoms with E-state index in [0.29, 0.717) is 34.6 Å². The summed E-state index contributed by atoms with van der Waals surface area (Å²) < 4.78 is 10.9. The van der Waals surface area contributed by atoms with E-state index in [1.54, 1.807) is 12.1 Å². The summed E-state index contributed by atoms with van der Waals surface area (Å²) in [5.41, 5.74) is 0.422. The van der Waals surface area contributed by atoms with Crippen LogP contribution in [0.3, 0.4) is 0 Å². The number of urea groups is 1. The Hall–Kier alpha value is -2.58. The Morgan fingerprint density at radius 2 is 2.04 bits per heavy atom. The predicted molar refractivity (Wildman–Crippen MR) is 96.7 cm³/mol. The van der Waals surface area contributed by atoms with Crippen molar-refractivity contribution in [1.29, 1.82) is 0 Å². The van der Waals surface area contributed by atoms with Crippen LogP contribution < -0.4 is 20.1 Å². The molecule has 134 valence electrons. The molecule has 25 heavy (non-hydrogen) atoms. The molecule has 0 fully saturated rings. The van der Waals surface area contributed by atoms with Crippen molar-refractivity contribution >= 4 is 29.1 Å². The zero-order valence-electron chi connectivity index (χ0n) is 14.2. The summed E-state index contributed by atoms with van der Waals surface area (Å²) in [5.74, 6) is 1.24. The van der Waals surface area contributed by atoms with Gasteiger partial charge < -0.3 is 19.7 Å². The van der Waals surface area contributed by atoms with Crippen molar-refractivity contribution in [2.45, 2.75) is 0 Å². The molecule has 2 N–H and O–H groups in total. The number of carbonyl (C=O) groups is 1. The zero-order valence-corrected chi connectivity index (χ0v) is 15.0. The molecule has 9 heteroatoms. The smallest absolute Gasteiger partial charge is 0.325 e. The Morgan fingerprint density at radius 1 is 1.24 bits per heavy atom. The first-order chi connectivity index (χ1) is 12.0. The lowest BCUT2D eigenvalue weighted by atomic mass is 10.2. The predicted octanol–water partition coefficient (Wildman–Crippen LogP) is 2.72. The Kier molecular flexibility index (Phi) is 6.79. The highest BCUT2D eigenvalue weighted by Crippen LogP contribution is 2.36. The number of nitrogens with one attached hydrogen (secondary N) is 2. The molecule has 1 aromatic heterocycles. The summed E-state index contributed by atoms with van der Waals surface area (Å²) in [4.78, 5) is 22.0. The molecule has 1 aromatic carbocycles. The summed E-state index contributed by atoms with van der Waals surface area (Å²) in [6, 6.07) is 2.72. The number of hydrogen-bond donors (Lipinski definition) is 2. The highest BCUT2D eigenvalue weighted by Gasteiger charge is 2.14. The van der Waals surface area contributed by atoms with E-state index in [2.05, 4.69) is 20.6 Å². The van der Waals surface area contributed by atoms with Gasteiger partial charge in [-0.25, -0.2) is 9.78 Å². The van der Waals surface area contributed by atoms with Gasteiger partial charge in [-0.2, -0.15) is 0 Å². The van der Waals surface area contributed by atoms with Crippen LogP contribution in [0.5, 0.6) is 11.5 Å². The van der Waals surface area contributed by atoms with E-state index in [4.69, 9.17) is 21.1 Å². The maximum Gasteiger partial charge on any atom is 0.325 e. The minimum atomic E-state index is -0.487. The van der Waals surface area contributed by atoms with E-state index in [9.17, 15) is 4.79 Å². The Morgan fingerprint density at radius 3 is 2.68 bits per heavy atom. The number of benzene rings is 1. The second kappa shape index (κ2) is 9.05. The van der Waals surface area contributed by atoms with Crippen LogP contribution in [0, 0.1) is 0 Å². The number of rotatable bonds is 7. The molecule has 0 spiro atoms. The Bertz CT molecular complexity index is 712. The SMILES string of the molecule is COc1cc(OCCN(C)C)c(NC(=O)Nc2cnccn2)cc1Cl. The fraction of sp³-hybridized carbons (Fsp3) is 0.312. The number of anilines is 2. The molecule has 0 aliphatic heterocycles. The van der Waals surface area contributed by atoms with Crippen LogP contribution in [-0.4, -0.2) is 55.3 Å². The molecule has 0 unspecified atom stereocenters. The molecule has 0 bridgehead atoms. The topological polar surface area (TPSA) is 88.6 Å². The number of aromatic nitrogens is 2. The van der Waals surface area contributed by atoms with E-state index < -0.39 is 6.03 Å². The molecule has 0 saturated carbocycles. The fourth-order valence-corrected chi connectivity index (χ4v) is 2.12. The van der Waals surface area contributed by atoms with Crippen molar-refractivity contribution in [3.05, 3.63) is 35.7 Å². The Balaban J connectivity index is 2.13. The summed E-state index contributed by atoms with van der Waals surface area (Å²) in [7, 11) is 5.40. The van der Waals surface area contributed by atoms with Gasteiger partial charge in [-0.05, 0) is 20.2 Å². The lowest BCUT2D eigenvalue weighted by Gasteiger charge is -2.16. The first-order valence-corrected chi connectivity index (χ1v) is 7.86. The number of hydrogen-bond acceptors (Lipinski definition) is 6. The van der Waals surface area contributed by atoms with E-state index in [0.717, 1.165) is 6.54 Å². The van der Waals surface area contributed by atoms with E-state index in [1.165, 1.54) is 25.7 Å². The number of methoxy groups -OCH3 is 1. The van der Waals surface area contributed by atoms with Crippen LogP contribution in [0.15, 0.2) is 30.7 Å². The molecule has 2 aromatic rings. The monoisotopic (exact) mass is 365 g/mol. The van der Waals surface area contributed by atoms with Gasteiger partial charge in [-0.3, -0.25) is 10.3 Å². The molecular weight excluding hydrogens is 346 g/mol. The number of amides is 2. The van der Waals surface area contributed by atoms with Crippen LogP contribution in [-0.2, 0) is 0 Å². The van der Waals surface area contributed by atoms with Crippen molar-refractivity contribution in [3.8, 4) is 11.5 Å². The maximum atomic E-state index is 12.2. The number of likely N-dealkylation sites (N-methyl/N-ethyl adjacent to an activating group) is 1. The third-order valence-electron chi connectivity index (χ3n) is 3.10. The number of halogens is 1. The number of carbonyl (C=O) groups excluding carboxylic acids is 1. The van der Waals surface area contributed by atoms with Gasteiger partial charge in [0.15, 0.2) is 5.82 Å². The van der Waals surface area contributed by atoms with Gasteiger partial charge in [0.1, 0.15) is 18.1 Å². The van der Waals surface area contributed by atoms with E-state index in [-0.39, 0.29) is 0 Å². The molecule has 2 amide bonds. The van der Waals surface area contributed by atoms with E-state index >= 15 is 0 Å². The van der Waals surface area contributed by atoms with Crippen molar-refractivity contribution in [3.63, 3.8) is 0 Å². The molecule has 0 atom stereocenters. The lowest BCUT2D eigenvalue weighted by molar-refractivity contribution is 0.258. The average Bonchev–Trinajstić information content (AvgIpc) is 2.57. The van der Waals surface area contributed by atoms with Crippen molar-refractivity contribution in [2.75, 3.05) is 45.0 Å². The average molecular weight is 366 g/mol. The third kappa shape index (κ3) is 5.77. The summed E-state index contributed by atoms with van der Waals surface area (Å²) in [6.45, 7) is 1.16. The molecule has 0 aliphatic carbocycles. The lowest BCUT2D eigenvalue weighted by Crippen LogP contribution is -2.22. The van der Waals surface area contributed by atoms with Crippen LogP contribution in [0.25, 0.3) is 0 Å². The van der Waals surface area contributed by atoms with Gasteiger partial charge in [0.05, 0.1) is 24.0 Å². The molecule has 0 saturated heterocycles. The van der Waals surface area contributed by atoms with Gasteiger partial charge in [0.25, 0.3) is 0 Å². The standard InChI is InChI=1S/C16H20ClN5O3/c1-22(2)6-7-25-14-9-13(24-3)11(17)8-12(14)20-16(23)21-15-10-18-4-5-19-15/h4-5,8-10H,6-7H2,1-3H3,(H2,19,20,21,23). The van der Waals surface area contributed by atoms with Crippen LogP contribution in [0.1, 0.15) is 0 Å². The van der Waals surface area contributed by atoms with Crippen LogP contribution in [0.2, 0.25) is 5.02 Å². The van der Waals surface area contributed by atoms with Gasteiger partial charge >= 0.3 is 6.03 Å². The van der Waals surface area contributed by atoms with Gasteiger partial charge in [-0.15, -0.1) is 0 Å². The minimum Gasteiger partial charge on any atom is -0.495 e. The number of nitrogens with zero attached hydrogens (tertiary/aromatic N) is 3. The van der Waals surface area contributed by atoms with Crippen molar-refractivity contribution in [1.82, 2.24) is 14.9 Å². The molecule has 0 radical (unpaired) electrons. The molecule has 1 heterocycles. The Labute approximate surface area is 151 Å². The third-order valence-corrected chi connectivity index (χ3v) is 3.40. The van der Waals surface area contributed by atoms with Crippen LogP contribution >= 0.6 is 11.6 Å². The minimum absolute atomic E-state index is 0.328. The second-order valence-electron chi connectivity index (χ2n) is 5.30. The zero-order chi connectivity index (χ0) is 18.2. The molecule has 0 aliphatic rings. The fourth-order valence-electron chi connectivity index (χ4n) is 1.88. The largest absolute Gasteiger partial charge is 0.495 e. The first-order valence-electron chi connectivity index (χ1n) is 7.48. The molecule has 2 rings (SSSR count). The van der Waals surface area contributed by atoms with Crippen molar-refractivity contribution < 1.29 is 14.3 Å². The highest BCUT2D eigenvalue weighted by atomic mass is 35.5. The quantitative estimate of drug-likeness (QED) is 0.784. The molecular formula is C16H20ClN5O3. The van der Waals surface area contributed by atoms with Gasteiger partial charge in [0.2, 0.25) is 0 Å². The normalized spacial score (nSPS) is 10.4. The summed E-state index contributed by atoms with van der Waals surface area (Å²) in [6.07, 6.45) is 4.44. The van der Waals surface area contributed by atoms with Gasteiger partial charge in [0, 0.05) is 25.0 Å². The second-order valence-corrected chi connectivity index (χ2v) is 5.71. The van der Waals surface area contributed by atoms with Crippen LogP contribution in [0.4, 0.5) is 16.3 Å². The summed E-state index contributed by atoms with van der Waals surface area (Å²) >= 11 is 6.15. The highest BCUT2D eigenvalue weighted by molar-refractivity contribution is 6.32. The molecule has 8 nitrogen and oxygen atoms in total. The van der Waals surface area contributed by atoms with E-state index in [1.807, 2.05) is 19.0 Å². The number of ether oxygens (including phenoxy) is 2. The van der Waals surface area contributed by atoms with Gasteiger partial charge in [-0.1, -0.05) is 11.6 Å². The van der Waals surface area contributed by atoms with Crippen molar-refractivity contribution in [2.24, 2.45) is 0 Å². The first kappa shape index (κ1) is 18.8. The maximum absolute atomic E-state index is 12.2. The summed E-state index contributed by atoms with van der Waals surface area (Å²) in [5, 5.41) is 5.63.